The monoisotopic (exact) mass is 376 g/mol. The first-order valence-corrected chi connectivity index (χ1v) is 9.02. The van der Waals surface area contributed by atoms with Crippen molar-refractivity contribution in [2.45, 2.75) is 19.7 Å². The highest BCUT2D eigenvalue weighted by molar-refractivity contribution is 5.92. The van der Waals surface area contributed by atoms with Gasteiger partial charge in [0.15, 0.2) is 0 Å². The molecule has 0 fully saturated rings. The van der Waals surface area contributed by atoms with E-state index in [1.54, 1.807) is 18.4 Å². The molecule has 0 radical (unpaired) electrons. The van der Waals surface area contributed by atoms with Crippen molar-refractivity contribution in [3.05, 3.63) is 89.4 Å². The molecular formula is C22H20N2O4. The first-order valence-electron chi connectivity index (χ1n) is 9.02. The smallest absolute Gasteiger partial charge is 0.335 e. The summed E-state index contributed by atoms with van der Waals surface area (Å²) in [7, 11) is 0. The van der Waals surface area contributed by atoms with Gasteiger partial charge in [-0.1, -0.05) is 36.4 Å². The maximum absolute atomic E-state index is 11.3. The minimum absolute atomic E-state index is 0.228. The zero-order chi connectivity index (χ0) is 19.3. The number of carboxylic acid groups (broad SMARTS) is 1. The Morgan fingerprint density at radius 3 is 2.71 bits per heavy atom. The zero-order valence-electron chi connectivity index (χ0n) is 15.2. The molecule has 0 aliphatic carbocycles. The van der Waals surface area contributed by atoms with Gasteiger partial charge in [-0.25, -0.2) is 9.79 Å². The summed E-state index contributed by atoms with van der Waals surface area (Å²) in [5.74, 6) is 0.627. The molecule has 0 unspecified atom stereocenters. The Hall–Kier alpha value is -3.38. The molecule has 0 bridgehead atoms. The Bertz CT molecular complexity index is 981. The van der Waals surface area contributed by atoms with Crippen LogP contribution in [0.2, 0.25) is 0 Å². The standard InChI is InChI=1S/C22H20N2O4/c25-22(26)17-8-9-18-12-24(13-19-7-4-10-28-19)21(23-20(18)11-17)15-27-14-16-5-2-1-3-6-16/h1-11H,12-15H2,(H,25,26). The van der Waals surface area contributed by atoms with Crippen molar-refractivity contribution in [3.8, 4) is 0 Å². The number of furan rings is 1. The number of hydrogen-bond donors (Lipinski definition) is 1. The van der Waals surface area contributed by atoms with E-state index in [1.807, 2.05) is 48.5 Å². The lowest BCUT2D eigenvalue weighted by atomic mass is 10.1. The van der Waals surface area contributed by atoms with Crippen molar-refractivity contribution in [1.82, 2.24) is 4.90 Å². The van der Waals surface area contributed by atoms with Crippen LogP contribution in [0.4, 0.5) is 5.69 Å². The van der Waals surface area contributed by atoms with E-state index in [-0.39, 0.29) is 5.56 Å². The average molecular weight is 376 g/mol. The predicted molar refractivity (Wildman–Crippen MR) is 105 cm³/mol. The quantitative estimate of drug-likeness (QED) is 0.667. The number of amidine groups is 1. The summed E-state index contributed by atoms with van der Waals surface area (Å²) in [5, 5.41) is 9.25. The molecule has 1 aliphatic heterocycles. The average Bonchev–Trinajstić information content (AvgIpc) is 3.22. The highest BCUT2D eigenvalue weighted by Gasteiger charge is 2.22. The number of carbonyl (C=O) groups is 1. The van der Waals surface area contributed by atoms with E-state index in [0.717, 1.165) is 22.7 Å². The van der Waals surface area contributed by atoms with Gasteiger partial charge in [-0.2, -0.15) is 0 Å². The third kappa shape index (κ3) is 4.13. The van der Waals surface area contributed by atoms with E-state index in [1.165, 1.54) is 0 Å². The molecule has 0 atom stereocenters. The number of fused-ring (bicyclic) bond motifs is 1. The van der Waals surface area contributed by atoms with Crippen molar-refractivity contribution in [3.63, 3.8) is 0 Å². The fourth-order valence-corrected chi connectivity index (χ4v) is 3.14. The molecule has 1 aliphatic rings. The Labute approximate surface area is 162 Å². The first kappa shape index (κ1) is 18.0. The fourth-order valence-electron chi connectivity index (χ4n) is 3.14. The van der Waals surface area contributed by atoms with Crippen LogP contribution in [0.15, 0.2) is 76.3 Å². The Morgan fingerprint density at radius 1 is 1.11 bits per heavy atom. The topological polar surface area (TPSA) is 75.3 Å². The third-order valence-corrected chi connectivity index (χ3v) is 4.58. The lowest BCUT2D eigenvalue weighted by Gasteiger charge is -2.30. The molecule has 142 valence electrons. The summed E-state index contributed by atoms with van der Waals surface area (Å²) >= 11 is 0. The first-order chi connectivity index (χ1) is 13.7. The van der Waals surface area contributed by atoms with Crippen LogP contribution >= 0.6 is 0 Å². The van der Waals surface area contributed by atoms with E-state index in [0.29, 0.717) is 32.0 Å². The molecule has 28 heavy (non-hydrogen) atoms. The maximum atomic E-state index is 11.3. The normalized spacial score (nSPS) is 13.1. The van der Waals surface area contributed by atoms with Gasteiger partial charge in [-0.05, 0) is 35.4 Å². The number of ether oxygens (including phenoxy) is 1. The van der Waals surface area contributed by atoms with Crippen LogP contribution < -0.4 is 0 Å². The summed E-state index contributed by atoms with van der Waals surface area (Å²) in [6.07, 6.45) is 1.65. The molecule has 1 aromatic heterocycles. The summed E-state index contributed by atoms with van der Waals surface area (Å²) < 4.78 is 11.4. The van der Waals surface area contributed by atoms with Gasteiger partial charge in [0.25, 0.3) is 0 Å². The molecule has 2 aromatic carbocycles. The number of benzene rings is 2. The molecule has 4 rings (SSSR count). The third-order valence-electron chi connectivity index (χ3n) is 4.58. The highest BCUT2D eigenvalue weighted by atomic mass is 16.5. The van der Waals surface area contributed by atoms with Crippen LogP contribution in [-0.2, 0) is 24.4 Å². The molecule has 0 amide bonds. The molecule has 6 heteroatoms. The van der Waals surface area contributed by atoms with Crippen LogP contribution in [-0.4, -0.2) is 28.4 Å². The van der Waals surface area contributed by atoms with Gasteiger partial charge in [0, 0.05) is 6.54 Å². The van der Waals surface area contributed by atoms with E-state index in [2.05, 4.69) is 4.90 Å². The minimum Gasteiger partial charge on any atom is -0.478 e. The summed E-state index contributed by atoms with van der Waals surface area (Å²) in [6.45, 7) is 1.99. The Balaban J connectivity index is 1.55. The summed E-state index contributed by atoms with van der Waals surface area (Å²) in [6, 6.07) is 18.8. The number of nitrogens with zero attached hydrogens (tertiary/aromatic N) is 2. The van der Waals surface area contributed by atoms with Crippen LogP contribution in [0.3, 0.4) is 0 Å². The lowest BCUT2D eigenvalue weighted by Crippen LogP contribution is -2.35. The molecule has 6 nitrogen and oxygen atoms in total. The van der Waals surface area contributed by atoms with Gasteiger partial charge < -0.3 is 19.2 Å². The molecule has 3 aromatic rings. The summed E-state index contributed by atoms with van der Waals surface area (Å²) in [5.41, 5.74) is 2.97. The Morgan fingerprint density at radius 2 is 1.96 bits per heavy atom. The molecule has 1 N–H and O–H groups in total. The molecule has 0 saturated heterocycles. The van der Waals surface area contributed by atoms with E-state index in [9.17, 15) is 9.90 Å². The highest BCUT2D eigenvalue weighted by Crippen LogP contribution is 2.28. The largest absolute Gasteiger partial charge is 0.478 e. The van der Waals surface area contributed by atoms with Crippen LogP contribution in [0.25, 0.3) is 0 Å². The van der Waals surface area contributed by atoms with E-state index < -0.39 is 5.97 Å². The van der Waals surface area contributed by atoms with Gasteiger partial charge in [0.05, 0.1) is 30.7 Å². The van der Waals surface area contributed by atoms with Crippen molar-refractivity contribution in [2.75, 3.05) is 6.61 Å². The second-order valence-electron chi connectivity index (χ2n) is 6.59. The number of aromatic carboxylic acids is 1. The van der Waals surface area contributed by atoms with Gasteiger partial charge >= 0.3 is 5.97 Å². The molecule has 0 saturated carbocycles. The predicted octanol–water partition coefficient (Wildman–Crippen LogP) is 4.24. The van der Waals surface area contributed by atoms with Crippen molar-refractivity contribution in [1.29, 1.82) is 0 Å². The van der Waals surface area contributed by atoms with Crippen molar-refractivity contribution in [2.24, 2.45) is 4.99 Å². The van der Waals surface area contributed by atoms with E-state index >= 15 is 0 Å². The Kier molecular flexibility index (Phi) is 5.21. The van der Waals surface area contributed by atoms with Crippen LogP contribution in [0, 0.1) is 0 Å². The fraction of sp³-hybridized carbons (Fsp3) is 0.182. The van der Waals surface area contributed by atoms with Crippen LogP contribution in [0.1, 0.15) is 27.2 Å². The van der Waals surface area contributed by atoms with Crippen LogP contribution in [0.5, 0.6) is 0 Å². The number of hydrogen-bond acceptors (Lipinski definition) is 5. The number of aliphatic imine (C=N–C) groups is 1. The SMILES string of the molecule is O=C(O)c1ccc2c(c1)N=C(COCc1ccccc1)N(Cc1ccco1)C2. The number of carboxylic acids is 1. The van der Waals surface area contributed by atoms with Crippen molar-refractivity contribution < 1.29 is 19.1 Å². The van der Waals surface area contributed by atoms with Crippen molar-refractivity contribution >= 4 is 17.5 Å². The van der Waals surface area contributed by atoms with E-state index in [4.69, 9.17) is 14.1 Å². The molecule has 2 heterocycles. The lowest BCUT2D eigenvalue weighted by molar-refractivity contribution is 0.0697. The van der Waals surface area contributed by atoms with Gasteiger partial charge in [-0.15, -0.1) is 0 Å². The molecule has 0 spiro atoms. The summed E-state index contributed by atoms with van der Waals surface area (Å²) in [4.78, 5) is 18.1. The van der Waals surface area contributed by atoms with Gasteiger partial charge in [0.1, 0.15) is 18.2 Å². The van der Waals surface area contributed by atoms with Gasteiger partial charge in [0.2, 0.25) is 0 Å². The maximum Gasteiger partial charge on any atom is 0.335 e. The van der Waals surface area contributed by atoms with Gasteiger partial charge in [-0.3, -0.25) is 0 Å². The zero-order valence-corrected chi connectivity index (χ0v) is 15.2. The second-order valence-corrected chi connectivity index (χ2v) is 6.59. The number of rotatable bonds is 7. The second kappa shape index (κ2) is 8.10. The molecular weight excluding hydrogens is 356 g/mol. The minimum atomic E-state index is -0.960.